The van der Waals surface area contributed by atoms with E-state index < -0.39 is 5.97 Å². The summed E-state index contributed by atoms with van der Waals surface area (Å²) in [4.78, 5) is 10.8. The first-order valence-corrected chi connectivity index (χ1v) is 4.62. The molecule has 0 radical (unpaired) electrons. The Balaban J connectivity index is 3.22. The second kappa shape index (κ2) is 7.34. The summed E-state index contributed by atoms with van der Waals surface area (Å²) in [5.41, 5.74) is 10.6. The van der Waals surface area contributed by atoms with Gasteiger partial charge in [0.1, 0.15) is 12.3 Å². The molecule has 0 heterocycles. The van der Waals surface area contributed by atoms with Crippen molar-refractivity contribution in [2.75, 3.05) is 19.7 Å². The topological polar surface area (TPSA) is 90.4 Å². The smallest absolute Gasteiger partial charge is 0.353 e. The second-order valence-electron chi connectivity index (χ2n) is 3.18. The van der Waals surface area contributed by atoms with E-state index in [0.717, 1.165) is 13.0 Å². The van der Waals surface area contributed by atoms with Gasteiger partial charge in [0, 0.05) is 12.6 Å². The van der Waals surface area contributed by atoms with Gasteiger partial charge in [-0.25, -0.2) is 4.79 Å². The summed E-state index contributed by atoms with van der Waals surface area (Å²) in [5, 5.41) is 3.08. The summed E-state index contributed by atoms with van der Waals surface area (Å²) < 4.78 is 4.75. The Morgan fingerprint density at radius 2 is 2.21 bits per heavy atom. The standard InChI is InChI=1S/C9H19N3O2/c1-7(10)3-4-12-5-6-14-9(13)8(2)11/h7,12H,2-6,10-11H2,1H3. The van der Waals surface area contributed by atoms with E-state index in [1.165, 1.54) is 0 Å². The summed E-state index contributed by atoms with van der Waals surface area (Å²) in [5.74, 6) is -0.556. The number of nitrogens with two attached hydrogens (primary N) is 2. The molecule has 0 aliphatic rings. The predicted molar refractivity (Wildman–Crippen MR) is 55.4 cm³/mol. The SMILES string of the molecule is C=C(N)C(=O)OCCNCCC(C)N. The van der Waals surface area contributed by atoms with Crippen LogP contribution in [0.1, 0.15) is 13.3 Å². The van der Waals surface area contributed by atoms with Gasteiger partial charge in [-0.15, -0.1) is 0 Å². The van der Waals surface area contributed by atoms with Gasteiger partial charge in [-0.3, -0.25) is 0 Å². The summed E-state index contributed by atoms with van der Waals surface area (Å²) >= 11 is 0. The van der Waals surface area contributed by atoms with Crippen molar-refractivity contribution in [2.45, 2.75) is 19.4 Å². The third-order valence-electron chi connectivity index (χ3n) is 1.55. The maximum absolute atomic E-state index is 10.8. The van der Waals surface area contributed by atoms with Crippen molar-refractivity contribution < 1.29 is 9.53 Å². The van der Waals surface area contributed by atoms with E-state index in [0.29, 0.717) is 13.2 Å². The molecule has 0 aromatic carbocycles. The lowest BCUT2D eigenvalue weighted by atomic mass is 10.2. The molecule has 0 aliphatic carbocycles. The second-order valence-corrected chi connectivity index (χ2v) is 3.18. The molecule has 0 amide bonds. The first-order chi connectivity index (χ1) is 6.54. The van der Waals surface area contributed by atoms with Crippen LogP contribution in [0.15, 0.2) is 12.3 Å². The number of hydrogen-bond donors (Lipinski definition) is 3. The van der Waals surface area contributed by atoms with Crippen molar-refractivity contribution in [3.63, 3.8) is 0 Å². The summed E-state index contributed by atoms with van der Waals surface area (Å²) in [6, 6.07) is 0.189. The van der Waals surface area contributed by atoms with Crippen molar-refractivity contribution >= 4 is 5.97 Å². The van der Waals surface area contributed by atoms with Crippen molar-refractivity contribution in [1.29, 1.82) is 0 Å². The van der Waals surface area contributed by atoms with Gasteiger partial charge in [-0.2, -0.15) is 0 Å². The normalized spacial score (nSPS) is 12.1. The van der Waals surface area contributed by atoms with Crippen LogP contribution in [0.2, 0.25) is 0 Å². The maximum Gasteiger partial charge on any atom is 0.353 e. The van der Waals surface area contributed by atoms with Crippen LogP contribution in [0, 0.1) is 0 Å². The van der Waals surface area contributed by atoms with E-state index in [2.05, 4.69) is 11.9 Å². The molecule has 0 saturated carbocycles. The van der Waals surface area contributed by atoms with Crippen LogP contribution in [0.4, 0.5) is 0 Å². The number of esters is 1. The van der Waals surface area contributed by atoms with Crippen LogP contribution in [-0.4, -0.2) is 31.7 Å². The van der Waals surface area contributed by atoms with Crippen LogP contribution < -0.4 is 16.8 Å². The van der Waals surface area contributed by atoms with Crippen LogP contribution in [0.25, 0.3) is 0 Å². The van der Waals surface area contributed by atoms with E-state index in [9.17, 15) is 4.79 Å². The van der Waals surface area contributed by atoms with Crippen molar-refractivity contribution in [2.24, 2.45) is 11.5 Å². The Morgan fingerprint density at radius 1 is 1.57 bits per heavy atom. The van der Waals surface area contributed by atoms with Crippen molar-refractivity contribution in [3.8, 4) is 0 Å². The van der Waals surface area contributed by atoms with Gasteiger partial charge < -0.3 is 21.5 Å². The van der Waals surface area contributed by atoms with Crippen LogP contribution >= 0.6 is 0 Å². The highest BCUT2D eigenvalue weighted by molar-refractivity contribution is 5.86. The zero-order chi connectivity index (χ0) is 11.0. The molecule has 82 valence electrons. The van der Waals surface area contributed by atoms with Gasteiger partial charge in [0.2, 0.25) is 0 Å². The van der Waals surface area contributed by atoms with Crippen molar-refractivity contribution in [3.05, 3.63) is 12.3 Å². The fourth-order valence-corrected chi connectivity index (χ4v) is 0.763. The van der Waals surface area contributed by atoms with Crippen molar-refractivity contribution in [1.82, 2.24) is 5.32 Å². The number of carbonyl (C=O) groups is 1. The first-order valence-electron chi connectivity index (χ1n) is 4.62. The third-order valence-corrected chi connectivity index (χ3v) is 1.55. The minimum Gasteiger partial charge on any atom is -0.460 e. The van der Waals surface area contributed by atoms with E-state index in [4.69, 9.17) is 16.2 Å². The van der Waals surface area contributed by atoms with E-state index in [1.807, 2.05) is 6.92 Å². The highest BCUT2D eigenvalue weighted by Crippen LogP contribution is 1.85. The molecule has 0 rings (SSSR count). The summed E-state index contributed by atoms with van der Waals surface area (Å²) in [6.45, 7) is 6.92. The zero-order valence-corrected chi connectivity index (χ0v) is 8.58. The van der Waals surface area contributed by atoms with Gasteiger partial charge in [0.15, 0.2) is 0 Å². The zero-order valence-electron chi connectivity index (χ0n) is 8.58. The molecule has 0 spiro atoms. The lowest BCUT2D eigenvalue weighted by molar-refractivity contribution is -0.138. The molecule has 14 heavy (non-hydrogen) atoms. The van der Waals surface area contributed by atoms with Gasteiger partial charge in [0.25, 0.3) is 0 Å². The molecule has 0 saturated heterocycles. The molecule has 1 unspecified atom stereocenters. The van der Waals surface area contributed by atoms with Crippen LogP contribution in [0.3, 0.4) is 0 Å². The molecule has 0 aromatic heterocycles. The van der Waals surface area contributed by atoms with E-state index in [-0.39, 0.29) is 11.7 Å². The molecule has 0 fully saturated rings. The lowest BCUT2D eigenvalue weighted by Crippen LogP contribution is -2.27. The van der Waals surface area contributed by atoms with Crippen LogP contribution in [-0.2, 0) is 9.53 Å². The molecule has 0 bridgehead atoms. The Morgan fingerprint density at radius 3 is 2.71 bits per heavy atom. The van der Waals surface area contributed by atoms with Gasteiger partial charge in [-0.1, -0.05) is 6.58 Å². The Kier molecular flexibility index (Phi) is 6.78. The molecular weight excluding hydrogens is 182 g/mol. The summed E-state index contributed by atoms with van der Waals surface area (Å²) in [6.07, 6.45) is 0.900. The number of nitrogens with one attached hydrogen (secondary N) is 1. The quantitative estimate of drug-likeness (QED) is 0.289. The van der Waals surface area contributed by atoms with Gasteiger partial charge in [0.05, 0.1) is 0 Å². The molecule has 5 nitrogen and oxygen atoms in total. The maximum atomic E-state index is 10.8. The molecule has 0 aliphatic heterocycles. The monoisotopic (exact) mass is 201 g/mol. The number of ether oxygens (including phenoxy) is 1. The minimum absolute atomic E-state index is 0.0689. The Hall–Kier alpha value is -1.07. The lowest BCUT2D eigenvalue weighted by Gasteiger charge is -2.07. The molecule has 0 aromatic rings. The predicted octanol–water partition coefficient (Wildman–Crippen LogP) is -0.671. The summed E-state index contributed by atoms with van der Waals surface area (Å²) in [7, 11) is 0. The Bertz CT molecular complexity index is 192. The van der Waals surface area contributed by atoms with Gasteiger partial charge in [-0.05, 0) is 19.9 Å². The first kappa shape index (κ1) is 12.9. The van der Waals surface area contributed by atoms with E-state index >= 15 is 0 Å². The number of hydrogen-bond acceptors (Lipinski definition) is 5. The molecule has 1 atom stereocenters. The molecular formula is C9H19N3O2. The fourth-order valence-electron chi connectivity index (χ4n) is 0.763. The van der Waals surface area contributed by atoms with Gasteiger partial charge >= 0.3 is 5.97 Å². The Labute approximate surface area is 84.5 Å². The number of rotatable bonds is 7. The molecule has 5 heteroatoms. The highest BCUT2D eigenvalue weighted by atomic mass is 16.5. The average Bonchev–Trinajstić information content (AvgIpc) is 2.09. The highest BCUT2D eigenvalue weighted by Gasteiger charge is 2.02. The average molecular weight is 201 g/mol. The minimum atomic E-state index is -0.556. The third kappa shape index (κ3) is 7.57. The fraction of sp³-hybridized carbons (Fsp3) is 0.667. The van der Waals surface area contributed by atoms with Crippen LogP contribution in [0.5, 0.6) is 0 Å². The molecule has 5 N–H and O–H groups in total. The number of carbonyl (C=O) groups excluding carboxylic acids is 1. The largest absolute Gasteiger partial charge is 0.460 e. The van der Waals surface area contributed by atoms with E-state index in [1.54, 1.807) is 0 Å².